The average molecular weight is 479 g/mol. The summed E-state index contributed by atoms with van der Waals surface area (Å²) in [7, 11) is 6.93. The first-order valence-corrected chi connectivity index (χ1v) is 11.4. The van der Waals surface area contributed by atoms with Gasteiger partial charge in [0, 0.05) is 18.3 Å². The number of amides is 1. The highest BCUT2D eigenvalue weighted by molar-refractivity contribution is 6.46. The number of hydrogen-bond donors (Lipinski definition) is 1. The number of Topliss-reactive ketones (excluding diaryl/α,β-unsaturated/α-hetero) is 1. The number of benzene rings is 1. The Morgan fingerprint density at radius 3 is 2.57 bits per heavy atom. The summed E-state index contributed by atoms with van der Waals surface area (Å²) in [6, 6.07) is 9.92. The van der Waals surface area contributed by atoms with Crippen LogP contribution in [0.2, 0.25) is 0 Å². The normalized spacial score (nSPS) is 17.5. The number of ketones is 1. The van der Waals surface area contributed by atoms with Crippen molar-refractivity contribution in [1.29, 1.82) is 0 Å². The molecule has 0 unspecified atom stereocenters. The molecule has 1 aromatic carbocycles. The molecule has 1 atom stereocenters. The second-order valence-electron chi connectivity index (χ2n) is 8.71. The number of rotatable bonds is 8. The number of carbonyl (C=O) groups excluding carboxylic acids is 2. The number of ether oxygens (including phenoxy) is 2. The zero-order chi connectivity index (χ0) is 25.3. The van der Waals surface area contributed by atoms with Crippen molar-refractivity contribution < 1.29 is 24.2 Å². The molecule has 1 aliphatic rings. The molecule has 35 heavy (non-hydrogen) atoms. The van der Waals surface area contributed by atoms with Gasteiger partial charge in [0.15, 0.2) is 17.3 Å². The number of likely N-dealkylation sites (tertiary alicyclic amines) is 1. The van der Waals surface area contributed by atoms with Crippen LogP contribution in [-0.2, 0) is 9.59 Å². The number of para-hydroxylation sites is 1. The van der Waals surface area contributed by atoms with Gasteiger partial charge in [0.2, 0.25) is 0 Å². The van der Waals surface area contributed by atoms with Gasteiger partial charge >= 0.3 is 0 Å². The Balaban J connectivity index is 1.95. The Morgan fingerprint density at radius 2 is 1.89 bits per heavy atom. The van der Waals surface area contributed by atoms with E-state index in [1.807, 2.05) is 37.2 Å². The lowest BCUT2D eigenvalue weighted by Gasteiger charge is -2.27. The lowest BCUT2D eigenvalue weighted by molar-refractivity contribution is -0.140. The van der Waals surface area contributed by atoms with Gasteiger partial charge in [-0.25, -0.2) is 4.98 Å². The number of methoxy groups -OCH3 is 2. The predicted molar refractivity (Wildman–Crippen MR) is 132 cm³/mol. The van der Waals surface area contributed by atoms with Crippen LogP contribution in [0.3, 0.4) is 0 Å². The van der Waals surface area contributed by atoms with Crippen LogP contribution in [0.25, 0.3) is 11.4 Å². The number of aliphatic hydroxyl groups excluding tert-OH is 1. The molecule has 9 nitrogen and oxygen atoms in total. The molecule has 1 amide bonds. The molecular formula is C26H30N4O5. The zero-order valence-corrected chi connectivity index (χ0v) is 20.6. The van der Waals surface area contributed by atoms with E-state index in [0.29, 0.717) is 47.1 Å². The van der Waals surface area contributed by atoms with Crippen molar-refractivity contribution >= 4 is 23.1 Å². The Hall–Kier alpha value is -3.85. The molecule has 0 spiro atoms. The van der Waals surface area contributed by atoms with E-state index in [1.165, 1.54) is 19.1 Å². The highest BCUT2D eigenvalue weighted by Gasteiger charge is 2.47. The van der Waals surface area contributed by atoms with E-state index in [1.54, 1.807) is 35.7 Å². The minimum Gasteiger partial charge on any atom is -0.505 e. The minimum atomic E-state index is -0.851. The highest BCUT2D eigenvalue weighted by Crippen LogP contribution is 2.45. The van der Waals surface area contributed by atoms with Crippen LogP contribution in [0, 0.1) is 6.92 Å². The average Bonchev–Trinajstić information content (AvgIpc) is 3.31. The number of aliphatic hydroxyl groups is 1. The number of aryl methyl sites for hydroxylation is 1. The van der Waals surface area contributed by atoms with Crippen molar-refractivity contribution in [1.82, 2.24) is 19.2 Å². The first-order chi connectivity index (χ1) is 16.8. The summed E-state index contributed by atoms with van der Waals surface area (Å²) < 4.78 is 12.8. The summed E-state index contributed by atoms with van der Waals surface area (Å²) in [6.07, 6.45) is 2.41. The van der Waals surface area contributed by atoms with Gasteiger partial charge in [0.25, 0.3) is 11.7 Å². The zero-order valence-electron chi connectivity index (χ0n) is 20.6. The quantitative estimate of drug-likeness (QED) is 0.302. The molecule has 1 N–H and O–H groups in total. The summed E-state index contributed by atoms with van der Waals surface area (Å²) >= 11 is 0. The number of fused-ring (bicyclic) bond motifs is 1. The monoisotopic (exact) mass is 478 g/mol. The molecular weight excluding hydrogens is 448 g/mol. The summed E-state index contributed by atoms with van der Waals surface area (Å²) in [5.74, 6) is -0.807. The van der Waals surface area contributed by atoms with Crippen LogP contribution >= 0.6 is 0 Å². The fourth-order valence-corrected chi connectivity index (χ4v) is 4.64. The van der Waals surface area contributed by atoms with E-state index < -0.39 is 17.7 Å². The van der Waals surface area contributed by atoms with Gasteiger partial charge in [0.1, 0.15) is 11.3 Å². The fourth-order valence-electron chi connectivity index (χ4n) is 4.64. The van der Waals surface area contributed by atoms with E-state index in [9.17, 15) is 14.7 Å². The SMILES string of the molecule is COc1cccc([C@@H]2C(=C(O)c3c(C)nc4ccccn34)C(=O)C(=O)N2CCCN(C)C)c1OC. The highest BCUT2D eigenvalue weighted by atomic mass is 16.5. The standard InChI is InChI=1S/C26H30N4O5/c1-16-21(29-14-7-6-12-19(29)27-16)23(31)20-22(17-10-8-11-18(34-4)25(17)35-5)30(26(33)24(20)32)15-9-13-28(2)3/h6-8,10-12,14,22,31H,9,13,15H2,1-5H3/t22-/m1/s1. The molecule has 184 valence electrons. The summed E-state index contributed by atoms with van der Waals surface area (Å²) in [5.41, 5.74) is 2.11. The van der Waals surface area contributed by atoms with Crippen molar-refractivity contribution in [2.45, 2.75) is 19.4 Å². The second kappa shape index (κ2) is 9.79. The molecule has 0 aliphatic carbocycles. The number of nitrogens with zero attached hydrogens (tertiary/aromatic N) is 4. The second-order valence-corrected chi connectivity index (χ2v) is 8.71. The van der Waals surface area contributed by atoms with Gasteiger partial charge in [-0.2, -0.15) is 0 Å². The maximum Gasteiger partial charge on any atom is 0.295 e. The Kier molecular flexibility index (Phi) is 6.79. The predicted octanol–water partition coefficient (Wildman–Crippen LogP) is 3.03. The summed E-state index contributed by atoms with van der Waals surface area (Å²) in [4.78, 5) is 34.7. The van der Waals surface area contributed by atoms with Crippen LogP contribution in [0.15, 0.2) is 48.2 Å². The summed E-state index contributed by atoms with van der Waals surface area (Å²) in [5, 5.41) is 11.6. The number of imidazole rings is 1. The third-order valence-corrected chi connectivity index (χ3v) is 6.20. The van der Waals surface area contributed by atoms with E-state index >= 15 is 0 Å². The van der Waals surface area contributed by atoms with E-state index in [2.05, 4.69) is 4.98 Å². The van der Waals surface area contributed by atoms with Crippen molar-refractivity contribution in [3.63, 3.8) is 0 Å². The number of aromatic nitrogens is 2. The Morgan fingerprint density at radius 1 is 1.11 bits per heavy atom. The first kappa shape index (κ1) is 24.3. The van der Waals surface area contributed by atoms with Crippen molar-refractivity contribution in [2.75, 3.05) is 41.4 Å². The molecule has 1 aliphatic heterocycles. The van der Waals surface area contributed by atoms with Crippen molar-refractivity contribution in [2.24, 2.45) is 0 Å². The lowest BCUT2D eigenvalue weighted by atomic mass is 9.95. The van der Waals surface area contributed by atoms with Crippen LogP contribution in [0.5, 0.6) is 11.5 Å². The Labute approximate surface area is 204 Å². The third kappa shape index (κ3) is 4.23. The van der Waals surface area contributed by atoms with E-state index in [4.69, 9.17) is 9.47 Å². The molecule has 0 saturated carbocycles. The van der Waals surface area contributed by atoms with Crippen LogP contribution in [0.1, 0.15) is 29.4 Å². The molecule has 1 saturated heterocycles. The van der Waals surface area contributed by atoms with Crippen LogP contribution in [-0.4, -0.2) is 77.4 Å². The maximum atomic E-state index is 13.4. The lowest BCUT2D eigenvalue weighted by Crippen LogP contribution is -2.32. The van der Waals surface area contributed by atoms with E-state index in [-0.39, 0.29) is 11.3 Å². The van der Waals surface area contributed by atoms with Gasteiger partial charge in [0.05, 0.1) is 31.5 Å². The van der Waals surface area contributed by atoms with Crippen LogP contribution < -0.4 is 9.47 Å². The third-order valence-electron chi connectivity index (χ3n) is 6.20. The van der Waals surface area contributed by atoms with Gasteiger partial charge < -0.3 is 24.4 Å². The van der Waals surface area contributed by atoms with Crippen LogP contribution in [0.4, 0.5) is 0 Å². The fraction of sp³-hybridized carbons (Fsp3) is 0.346. The van der Waals surface area contributed by atoms with Gasteiger partial charge in [-0.15, -0.1) is 0 Å². The number of carbonyl (C=O) groups is 2. The first-order valence-electron chi connectivity index (χ1n) is 11.4. The number of pyridine rings is 1. The van der Waals surface area contributed by atoms with Gasteiger partial charge in [-0.3, -0.25) is 14.0 Å². The molecule has 2 aromatic heterocycles. The largest absolute Gasteiger partial charge is 0.505 e. The number of hydrogen-bond acceptors (Lipinski definition) is 7. The Bertz CT molecular complexity index is 1310. The molecule has 1 fully saturated rings. The van der Waals surface area contributed by atoms with Crippen molar-refractivity contribution in [3.05, 3.63) is 65.1 Å². The molecule has 4 rings (SSSR count). The molecule has 0 radical (unpaired) electrons. The summed E-state index contributed by atoms with van der Waals surface area (Å²) in [6.45, 7) is 2.82. The topological polar surface area (TPSA) is 96.6 Å². The van der Waals surface area contributed by atoms with Crippen molar-refractivity contribution in [3.8, 4) is 11.5 Å². The molecule has 3 aromatic rings. The smallest absolute Gasteiger partial charge is 0.295 e. The van der Waals surface area contributed by atoms with Gasteiger partial charge in [-0.1, -0.05) is 18.2 Å². The molecule has 3 heterocycles. The molecule has 9 heteroatoms. The minimum absolute atomic E-state index is 0.000147. The van der Waals surface area contributed by atoms with Gasteiger partial charge in [-0.05, 0) is 52.2 Å². The molecule has 0 bridgehead atoms. The van der Waals surface area contributed by atoms with E-state index in [0.717, 1.165) is 6.54 Å². The maximum absolute atomic E-state index is 13.4.